The Balaban J connectivity index is 2.03. The minimum atomic E-state index is 0.345. The third-order valence-electron chi connectivity index (χ3n) is 2.98. The van der Waals surface area contributed by atoms with E-state index >= 15 is 0 Å². The summed E-state index contributed by atoms with van der Waals surface area (Å²) >= 11 is 0. The molecule has 80 valence electrons. The number of ether oxygens (including phenoxy) is 1. The SMILES string of the molecule is COC1C=C(Cc2ccccc2)CCC1. The van der Waals surface area contributed by atoms with Crippen molar-refractivity contribution in [2.45, 2.75) is 31.8 Å². The van der Waals surface area contributed by atoms with E-state index in [2.05, 4.69) is 36.4 Å². The van der Waals surface area contributed by atoms with Crippen molar-refractivity contribution in [3.8, 4) is 0 Å². The van der Waals surface area contributed by atoms with Gasteiger partial charge in [-0.1, -0.05) is 42.0 Å². The quantitative estimate of drug-likeness (QED) is 0.683. The number of rotatable bonds is 3. The molecule has 15 heavy (non-hydrogen) atoms. The molecule has 1 aliphatic rings. The molecule has 0 aliphatic heterocycles. The molecule has 0 N–H and O–H groups in total. The minimum absolute atomic E-state index is 0.345. The Morgan fingerprint density at radius 2 is 2.07 bits per heavy atom. The summed E-state index contributed by atoms with van der Waals surface area (Å²) in [6, 6.07) is 10.7. The average molecular weight is 202 g/mol. The fourth-order valence-corrected chi connectivity index (χ4v) is 2.15. The highest BCUT2D eigenvalue weighted by atomic mass is 16.5. The Morgan fingerprint density at radius 3 is 2.80 bits per heavy atom. The molecule has 1 atom stereocenters. The molecule has 1 nitrogen and oxygen atoms in total. The van der Waals surface area contributed by atoms with Crippen LogP contribution >= 0.6 is 0 Å². The Morgan fingerprint density at radius 1 is 1.27 bits per heavy atom. The van der Waals surface area contributed by atoms with Crippen LogP contribution in [-0.2, 0) is 11.2 Å². The fourth-order valence-electron chi connectivity index (χ4n) is 2.15. The molecule has 0 aromatic heterocycles. The van der Waals surface area contributed by atoms with Gasteiger partial charge in [0, 0.05) is 7.11 Å². The highest BCUT2D eigenvalue weighted by Gasteiger charge is 2.12. The minimum Gasteiger partial charge on any atom is -0.377 e. The van der Waals surface area contributed by atoms with Gasteiger partial charge in [-0.05, 0) is 31.2 Å². The van der Waals surface area contributed by atoms with E-state index in [-0.39, 0.29) is 0 Å². The molecule has 0 saturated carbocycles. The van der Waals surface area contributed by atoms with E-state index in [1.54, 1.807) is 7.11 Å². The monoisotopic (exact) mass is 202 g/mol. The predicted octanol–water partition coefficient (Wildman–Crippen LogP) is 3.35. The average Bonchev–Trinajstić information content (AvgIpc) is 2.31. The molecule has 0 spiro atoms. The van der Waals surface area contributed by atoms with Crippen molar-refractivity contribution in [3.63, 3.8) is 0 Å². The van der Waals surface area contributed by atoms with Crippen LogP contribution in [0.15, 0.2) is 42.0 Å². The van der Waals surface area contributed by atoms with Crippen molar-refractivity contribution in [1.29, 1.82) is 0 Å². The highest BCUT2D eigenvalue weighted by molar-refractivity contribution is 5.23. The zero-order valence-electron chi connectivity index (χ0n) is 9.28. The van der Waals surface area contributed by atoms with Gasteiger partial charge in [0.05, 0.1) is 6.10 Å². The molecule has 1 aliphatic carbocycles. The van der Waals surface area contributed by atoms with E-state index < -0.39 is 0 Å². The van der Waals surface area contributed by atoms with Crippen LogP contribution < -0.4 is 0 Å². The summed E-state index contributed by atoms with van der Waals surface area (Å²) in [5.41, 5.74) is 2.93. The molecule has 0 saturated heterocycles. The lowest BCUT2D eigenvalue weighted by molar-refractivity contribution is 0.126. The number of hydrogen-bond acceptors (Lipinski definition) is 1. The van der Waals surface area contributed by atoms with Crippen LogP contribution in [-0.4, -0.2) is 13.2 Å². The lowest BCUT2D eigenvalue weighted by Crippen LogP contribution is -2.13. The summed E-state index contributed by atoms with van der Waals surface area (Å²) in [4.78, 5) is 0. The van der Waals surface area contributed by atoms with Gasteiger partial charge >= 0.3 is 0 Å². The molecule has 1 aromatic rings. The van der Waals surface area contributed by atoms with E-state index in [4.69, 9.17) is 4.74 Å². The molecule has 2 rings (SSSR count). The first-order valence-corrected chi connectivity index (χ1v) is 5.65. The maximum absolute atomic E-state index is 5.38. The first-order valence-electron chi connectivity index (χ1n) is 5.65. The molecule has 1 aromatic carbocycles. The summed E-state index contributed by atoms with van der Waals surface area (Å²) in [5, 5.41) is 0. The third kappa shape index (κ3) is 2.93. The summed E-state index contributed by atoms with van der Waals surface area (Å²) in [7, 11) is 1.80. The molecule has 0 heterocycles. The molecule has 0 bridgehead atoms. The van der Waals surface area contributed by atoms with Crippen LogP contribution in [0.5, 0.6) is 0 Å². The van der Waals surface area contributed by atoms with Crippen LogP contribution in [0.3, 0.4) is 0 Å². The zero-order valence-corrected chi connectivity index (χ0v) is 9.28. The van der Waals surface area contributed by atoms with Crippen molar-refractivity contribution >= 4 is 0 Å². The van der Waals surface area contributed by atoms with Crippen LogP contribution in [0.2, 0.25) is 0 Å². The van der Waals surface area contributed by atoms with Gasteiger partial charge in [-0.3, -0.25) is 0 Å². The van der Waals surface area contributed by atoms with Crippen LogP contribution in [0.25, 0.3) is 0 Å². The van der Waals surface area contributed by atoms with Crippen molar-refractivity contribution in [2.24, 2.45) is 0 Å². The highest BCUT2D eigenvalue weighted by Crippen LogP contribution is 2.22. The summed E-state index contributed by atoms with van der Waals surface area (Å²) in [6.45, 7) is 0. The van der Waals surface area contributed by atoms with E-state index in [1.807, 2.05) is 0 Å². The summed E-state index contributed by atoms with van der Waals surface area (Å²) < 4.78 is 5.38. The van der Waals surface area contributed by atoms with Crippen LogP contribution in [0.1, 0.15) is 24.8 Å². The second-order valence-electron chi connectivity index (χ2n) is 4.15. The van der Waals surface area contributed by atoms with Gasteiger partial charge in [-0.25, -0.2) is 0 Å². The molecular formula is C14H18O. The van der Waals surface area contributed by atoms with Gasteiger partial charge in [0.2, 0.25) is 0 Å². The molecule has 0 radical (unpaired) electrons. The fraction of sp³-hybridized carbons (Fsp3) is 0.429. The van der Waals surface area contributed by atoms with E-state index in [0.29, 0.717) is 6.10 Å². The summed E-state index contributed by atoms with van der Waals surface area (Å²) in [5.74, 6) is 0. The van der Waals surface area contributed by atoms with Crippen molar-refractivity contribution < 1.29 is 4.74 Å². The number of hydrogen-bond donors (Lipinski definition) is 0. The lowest BCUT2D eigenvalue weighted by atomic mass is 9.93. The Hall–Kier alpha value is -1.08. The number of allylic oxidation sites excluding steroid dienone is 1. The topological polar surface area (TPSA) is 9.23 Å². The summed E-state index contributed by atoms with van der Waals surface area (Å²) in [6.07, 6.45) is 7.40. The van der Waals surface area contributed by atoms with Gasteiger partial charge in [0.1, 0.15) is 0 Å². The predicted molar refractivity (Wildman–Crippen MR) is 62.9 cm³/mol. The standard InChI is InChI=1S/C14H18O/c1-15-14-9-5-8-13(11-14)10-12-6-3-2-4-7-12/h2-4,6-7,11,14H,5,8-10H2,1H3. The van der Waals surface area contributed by atoms with Gasteiger partial charge in [0.15, 0.2) is 0 Å². The van der Waals surface area contributed by atoms with E-state index in [0.717, 1.165) is 6.42 Å². The first-order chi connectivity index (χ1) is 7.38. The molecule has 1 heteroatoms. The Labute approximate surface area is 91.8 Å². The van der Waals surface area contributed by atoms with Gasteiger partial charge in [-0.2, -0.15) is 0 Å². The first kappa shape index (κ1) is 10.4. The lowest BCUT2D eigenvalue weighted by Gasteiger charge is -2.19. The van der Waals surface area contributed by atoms with Crippen LogP contribution in [0.4, 0.5) is 0 Å². The zero-order chi connectivity index (χ0) is 10.5. The molecule has 0 amide bonds. The Bertz CT molecular complexity index is 326. The Kier molecular flexibility index (Phi) is 3.57. The second kappa shape index (κ2) is 5.13. The van der Waals surface area contributed by atoms with Crippen LogP contribution in [0, 0.1) is 0 Å². The second-order valence-corrected chi connectivity index (χ2v) is 4.15. The molecular weight excluding hydrogens is 184 g/mol. The van der Waals surface area contributed by atoms with E-state index in [1.165, 1.54) is 30.4 Å². The number of methoxy groups -OCH3 is 1. The largest absolute Gasteiger partial charge is 0.377 e. The normalized spacial score (nSPS) is 21.1. The molecule has 1 unspecified atom stereocenters. The van der Waals surface area contributed by atoms with Crippen molar-refractivity contribution in [3.05, 3.63) is 47.5 Å². The van der Waals surface area contributed by atoms with Gasteiger partial charge in [-0.15, -0.1) is 0 Å². The van der Waals surface area contributed by atoms with Crippen molar-refractivity contribution in [1.82, 2.24) is 0 Å². The smallest absolute Gasteiger partial charge is 0.0754 e. The van der Waals surface area contributed by atoms with Gasteiger partial charge < -0.3 is 4.74 Å². The van der Waals surface area contributed by atoms with Crippen molar-refractivity contribution in [2.75, 3.05) is 7.11 Å². The van der Waals surface area contributed by atoms with Gasteiger partial charge in [0.25, 0.3) is 0 Å². The number of benzene rings is 1. The third-order valence-corrected chi connectivity index (χ3v) is 2.98. The maximum Gasteiger partial charge on any atom is 0.0754 e. The van der Waals surface area contributed by atoms with E-state index in [9.17, 15) is 0 Å². The molecule has 0 fully saturated rings. The maximum atomic E-state index is 5.38.